The van der Waals surface area contributed by atoms with Crippen LogP contribution < -0.4 is 0 Å². The molecule has 0 aromatic heterocycles. The molecule has 280 valence electrons. The van der Waals surface area contributed by atoms with Gasteiger partial charge in [0.05, 0.1) is 12.2 Å². The second kappa shape index (κ2) is 21.8. The van der Waals surface area contributed by atoms with Crippen LogP contribution in [0.1, 0.15) is 220 Å². The Morgan fingerprint density at radius 3 is 1.04 bits per heavy atom. The molecule has 0 aromatic rings. The number of Topliss-reactive ketones (excluding diaryl/α,β-unsaturated/α-hetero) is 1. The van der Waals surface area contributed by atoms with Crippen molar-refractivity contribution in [2.24, 2.45) is 34.5 Å². The number of carbonyl (C=O) groups is 1. The molecule has 0 radical (unpaired) electrons. The van der Waals surface area contributed by atoms with Crippen molar-refractivity contribution in [1.82, 2.24) is 0 Å². The normalized spacial score (nSPS) is 22.9. The monoisotopic (exact) mass is 671 g/mol. The summed E-state index contributed by atoms with van der Waals surface area (Å²) >= 11 is 0. The summed E-state index contributed by atoms with van der Waals surface area (Å²) in [5, 5.41) is 0. The highest BCUT2D eigenvalue weighted by atomic mass is 16.5. The highest BCUT2D eigenvalue weighted by Gasteiger charge is 2.61. The first-order valence-electron chi connectivity index (χ1n) is 22.3. The molecule has 4 fully saturated rings. The lowest BCUT2D eigenvalue weighted by molar-refractivity contribution is -0.165. The van der Waals surface area contributed by atoms with E-state index in [4.69, 9.17) is 9.47 Å². The maximum atomic E-state index is 16.9. The Balaban J connectivity index is 1.83. The molecule has 0 amide bonds. The molecule has 4 rings (SSSR count). The topological polar surface area (TPSA) is 35.5 Å². The van der Waals surface area contributed by atoms with E-state index in [1.54, 1.807) is 0 Å². The van der Waals surface area contributed by atoms with E-state index in [0.717, 1.165) is 70.4 Å². The number of hydrogen-bond acceptors (Lipinski definition) is 3. The summed E-state index contributed by atoms with van der Waals surface area (Å²) in [5.74, 6) is 3.13. The summed E-state index contributed by atoms with van der Waals surface area (Å²) in [6.07, 6.45) is 38.2. The second-order valence-corrected chi connectivity index (χ2v) is 17.3. The van der Waals surface area contributed by atoms with E-state index in [9.17, 15) is 0 Å². The summed E-state index contributed by atoms with van der Waals surface area (Å²) in [4.78, 5) is 16.9. The smallest absolute Gasteiger partial charge is 0.146 e. The van der Waals surface area contributed by atoms with Crippen molar-refractivity contribution in [1.29, 1.82) is 0 Å². The molecule has 0 bridgehead atoms. The summed E-state index contributed by atoms with van der Waals surface area (Å²) in [7, 11) is 0. The molecule has 0 saturated heterocycles. The predicted molar refractivity (Wildman–Crippen MR) is 205 cm³/mol. The first-order chi connectivity index (χ1) is 23.6. The van der Waals surface area contributed by atoms with Gasteiger partial charge in [0.1, 0.15) is 5.78 Å². The standard InChI is InChI=1S/C45H82O3/c1-5-9-35-47-41(7-3)31-33-44(37-23-15-11-16-24-37,38-25-17-12-18-26-38)43(46)45(39-27-19-13-20-28-39,40-29-21-14-22-30-40)34-32-42(8-4)48-36-10-6-2/h37-42H,5-36H2,1-4H3. The molecule has 3 nitrogen and oxygen atoms in total. The Morgan fingerprint density at radius 1 is 0.500 bits per heavy atom. The first-order valence-corrected chi connectivity index (χ1v) is 22.3. The molecule has 0 N–H and O–H groups in total. The largest absolute Gasteiger partial charge is 0.378 e. The summed E-state index contributed by atoms with van der Waals surface area (Å²) in [5.41, 5.74) is -0.329. The quantitative estimate of drug-likeness (QED) is 0.108. The molecule has 4 aliphatic carbocycles. The molecular weight excluding hydrogens is 588 g/mol. The Morgan fingerprint density at radius 2 is 0.792 bits per heavy atom. The van der Waals surface area contributed by atoms with Crippen molar-refractivity contribution >= 4 is 5.78 Å². The van der Waals surface area contributed by atoms with Gasteiger partial charge in [0.15, 0.2) is 0 Å². The number of ether oxygens (including phenoxy) is 2. The third-order valence-corrected chi connectivity index (χ3v) is 14.6. The van der Waals surface area contributed by atoms with Gasteiger partial charge in [-0.1, -0.05) is 118 Å². The zero-order valence-corrected chi connectivity index (χ0v) is 32.8. The van der Waals surface area contributed by atoms with Crippen molar-refractivity contribution in [3.05, 3.63) is 0 Å². The van der Waals surface area contributed by atoms with Crippen molar-refractivity contribution in [3.8, 4) is 0 Å². The fourth-order valence-corrected chi connectivity index (χ4v) is 11.8. The minimum absolute atomic E-state index is 0.165. The molecule has 0 aromatic carbocycles. The maximum Gasteiger partial charge on any atom is 0.146 e. The minimum Gasteiger partial charge on any atom is -0.378 e. The van der Waals surface area contributed by atoms with Crippen LogP contribution >= 0.6 is 0 Å². The van der Waals surface area contributed by atoms with E-state index in [0.29, 0.717) is 35.9 Å². The molecular formula is C45H82O3. The van der Waals surface area contributed by atoms with Crippen LogP contribution in [0, 0.1) is 34.5 Å². The minimum atomic E-state index is -0.165. The van der Waals surface area contributed by atoms with E-state index in [1.165, 1.54) is 141 Å². The van der Waals surface area contributed by atoms with Crippen molar-refractivity contribution in [2.75, 3.05) is 13.2 Å². The lowest BCUT2D eigenvalue weighted by Crippen LogP contribution is -2.58. The van der Waals surface area contributed by atoms with Crippen molar-refractivity contribution in [2.45, 2.75) is 233 Å². The van der Waals surface area contributed by atoms with Crippen LogP contribution in [0.5, 0.6) is 0 Å². The van der Waals surface area contributed by atoms with Gasteiger partial charge < -0.3 is 9.47 Å². The predicted octanol–water partition coefficient (Wildman–Crippen LogP) is 13.6. The van der Waals surface area contributed by atoms with E-state index in [2.05, 4.69) is 27.7 Å². The van der Waals surface area contributed by atoms with E-state index in [-0.39, 0.29) is 10.8 Å². The lowest BCUT2D eigenvalue weighted by atomic mass is 9.45. The van der Waals surface area contributed by atoms with Crippen LogP contribution in [0.2, 0.25) is 0 Å². The number of ketones is 1. The molecule has 3 heteroatoms. The Hall–Kier alpha value is -0.410. The van der Waals surface area contributed by atoms with Crippen LogP contribution in [-0.4, -0.2) is 31.2 Å². The molecule has 0 heterocycles. The van der Waals surface area contributed by atoms with Crippen LogP contribution in [0.3, 0.4) is 0 Å². The molecule has 48 heavy (non-hydrogen) atoms. The summed E-state index contributed by atoms with van der Waals surface area (Å²) < 4.78 is 13.2. The van der Waals surface area contributed by atoms with Gasteiger partial charge in [0.25, 0.3) is 0 Å². The molecule has 0 spiro atoms. The van der Waals surface area contributed by atoms with Crippen molar-refractivity contribution < 1.29 is 14.3 Å². The average molecular weight is 671 g/mol. The second-order valence-electron chi connectivity index (χ2n) is 17.3. The van der Waals surface area contributed by atoms with Gasteiger partial charge >= 0.3 is 0 Å². The Kier molecular flexibility index (Phi) is 18.4. The molecule has 4 saturated carbocycles. The van der Waals surface area contributed by atoms with Crippen LogP contribution in [0.25, 0.3) is 0 Å². The summed E-state index contributed by atoms with van der Waals surface area (Å²) in [6, 6.07) is 0. The average Bonchev–Trinajstić information content (AvgIpc) is 3.15. The molecule has 2 unspecified atom stereocenters. The maximum absolute atomic E-state index is 16.9. The third-order valence-electron chi connectivity index (χ3n) is 14.6. The molecule has 4 aliphatic rings. The van der Waals surface area contributed by atoms with Gasteiger partial charge in [-0.05, 0) is 126 Å². The van der Waals surface area contributed by atoms with Crippen LogP contribution in [0.15, 0.2) is 0 Å². The zero-order chi connectivity index (χ0) is 34.1. The Bertz CT molecular complexity index is 738. The van der Waals surface area contributed by atoms with Gasteiger partial charge in [-0.25, -0.2) is 0 Å². The van der Waals surface area contributed by atoms with Crippen molar-refractivity contribution in [3.63, 3.8) is 0 Å². The highest BCUT2D eigenvalue weighted by Crippen LogP contribution is 2.62. The van der Waals surface area contributed by atoms with Gasteiger partial charge in [0.2, 0.25) is 0 Å². The summed E-state index contributed by atoms with van der Waals surface area (Å²) in [6.45, 7) is 11.0. The Labute approximate surface area is 299 Å². The van der Waals surface area contributed by atoms with E-state index >= 15 is 4.79 Å². The highest BCUT2D eigenvalue weighted by molar-refractivity contribution is 5.92. The lowest BCUT2D eigenvalue weighted by Gasteiger charge is -2.57. The fourth-order valence-electron chi connectivity index (χ4n) is 11.8. The SMILES string of the molecule is CCCCOC(CC)CCC(C(=O)C(CCC(CC)OCCCC)(C1CCCCC1)C1CCCCC1)(C1CCCCC1)C1CCCCC1. The molecule has 2 atom stereocenters. The first kappa shape index (κ1) is 40.4. The van der Waals surface area contributed by atoms with E-state index < -0.39 is 0 Å². The van der Waals surface area contributed by atoms with Crippen LogP contribution in [0.4, 0.5) is 0 Å². The third kappa shape index (κ3) is 10.3. The van der Waals surface area contributed by atoms with Crippen LogP contribution in [-0.2, 0) is 14.3 Å². The number of unbranched alkanes of at least 4 members (excludes halogenated alkanes) is 2. The van der Waals surface area contributed by atoms with E-state index in [1.807, 2.05) is 0 Å². The number of hydrogen-bond donors (Lipinski definition) is 0. The van der Waals surface area contributed by atoms with Gasteiger partial charge in [-0.15, -0.1) is 0 Å². The van der Waals surface area contributed by atoms with Gasteiger partial charge in [-0.2, -0.15) is 0 Å². The fraction of sp³-hybridized carbons (Fsp3) is 0.978. The molecule has 0 aliphatic heterocycles. The number of carbonyl (C=O) groups excluding carboxylic acids is 1. The van der Waals surface area contributed by atoms with Gasteiger partial charge in [0, 0.05) is 24.0 Å². The zero-order valence-electron chi connectivity index (χ0n) is 32.8. The van der Waals surface area contributed by atoms with Gasteiger partial charge in [-0.3, -0.25) is 4.79 Å². The number of rotatable bonds is 22.